The number of nitrogens with one attached hydrogen (secondary N) is 2. The third-order valence-electron chi connectivity index (χ3n) is 8.20. The zero-order valence-electron chi connectivity index (χ0n) is 22.8. The van der Waals surface area contributed by atoms with Gasteiger partial charge in [0.2, 0.25) is 0 Å². The molecule has 2 aliphatic rings. The Morgan fingerprint density at radius 1 is 0.929 bits per heavy atom. The fraction of sp³-hybridized carbons (Fsp3) is 0.147. The average molecular weight is 559 g/mol. The van der Waals surface area contributed by atoms with Crippen LogP contribution in [0.25, 0.3) is 10.9 Å². The van der Waals surface area contributed by atoms with Gasteiger partial charge in [-0.25, -0.2) is 14.1 Å². The standard InChI is InChI=1S/C34H27FN4O3/c1-20-10-12-21(13-11-20)19-36-32(40)25-7-3-5-9-28(25)39-33(41)29-18-26-24-6-2-4-8-27(24)37-30(26)31(38(29)34(39)42)22-14-16-23(35)17-15-22/h2-17,29,31,37H,18-19H2,1H3,(H,36,40)/t29-,31+/m0/s1. The maximum absolute atomic E-state index is 14.2. The molecule has 4 amide bonds. The van der Waals surface area contributed by atoms with E-state index in [1.165, 1.54) is 12.1 Å². The van der Waals surface area contributed by atoms with E-state index in [4.69, 9.17) is 0 Å². The van der Waals surface area contributed by atoms with Gasteiger partial charge in [0.1, 0.15) is 17.9 Å². The zero-order valence-corrected chi connectivity index (χ0v) is 22.8. The summed E-state index contributed by atoms with van der Waals surface area (Å²) in [6, 6.07) is 26.4. The molecule has 0 radical (unpaired) electrons. The molecule has 5 aromatic rings. The first kappa shape index (κ1) is 25.7. The summed E-state index contributed by atoms with van der Waals surface area (Å²) in [5, 5.41) is 3.90. The van der Waals surface area contributed by atoms with Crippen molar-refractivity contribution in [1.29, 1.82) is 0 Å². The van der Waals surface area contributed by atoms with Crippen LogP contribution < -0.4 is 10.2 Å². The molecule has 0 aliphatic carbocycles. The number of aromatic amines is 1. The van der Waals surface area contributed by atoms with E-state index >= 15 is 0 Å². The van der Waals surface area contributed by atoms with Gasteiger partial charge in [0.05, 0.1) is 11.3 Å². The number of hydrogen-bond donors (Lipinski definition) is 2. The second-order valence-electron chi connectivity index (χ2n) is 10.8. The number of aromatic nitrogens is 1. The first-order chi connectivity index (χ1) is 20.4. The van der Waals surface area contributed by atoms with Gasteiger partial charge in [-0.2, -0.15) is 0 Å². The number of aryl methyl sites for hydroxylation is 1. The second kappa shape index (κ2) is 9.99. The van der Waals surface area contributed by atoms with Crippen LogP contribution in [-0.2, 0) is 17.8 Å². The van der Waals surface area contributed by atoms with Crippen molar-refractivity contribution in [2.24, 2.45) is 0 Å². The average Bonchev–Trinajstić information content (AvgIpc) is 3.50. The normalized spacial score (nSPS) is 17.9. The second-order valence-corrected chi connectivity index (χ2v) is 10.8. The minimum absolute atomic E-state index is 0.230. The number of amides is 4. The van der Waals surface area contributed by atoms with Gasteiger partial charge in [0.15, 0.2) is 0 Å². The van der Waals surface area contributed by atoms with Crippen LogP contribution in [-0.4, -0.2) is 33.8 Å². The lowest BCUT2D eigenvalue weighted by molar-refractivity contribution is -0.120. The number of urea groups is 1. The van der Waals surface area contributed by atoms with E-state index in [0.29, 0.717) is 18.5 Å². The van der Waals surface area contributed by atoms with Crippen LogP contribution >= 0.6 is 0 Å². The van der Waals surface area contributed by atoms with E-state index in [1.807, 2.05) is 55.5 Å². The maximum Gasteiger partial charge on any atom is 0.332 e. The molecule has 1 saturated heterocycles. The number of H-pyrrole nitrogens is 1. The van der Waals surface area contributed by atoms with Gasteiger partial charge in [-0.3, -0.25) is 14.5 Å². The molecule has 0 bridgehead atoms. The summed E-state index contributed by atoms with van der Waals surface area (Å²) in [6.07, 6.45) is 0.319. The molecule has 7 rings (SSSR count). The van der Waals surface area contributed by atoms with E-state index in [0.717, 1.165) is 38.2 Å². The van der Waals surface area contributed by atoms with Crippen molar-refractivity contribution < 1.29 is 18.8 Å². The van der Waals surface area contributed by atoms with Crippen molar-refractivity contribution in [2.45, 2.75) is 32.0 Å². The van der Waals surface area contributed by atoms with Crippen LogP contribution in [0.4, 0.5) is 14.9 Å². The fourth-order valence-electron chi connectivity index (χ4n) is 6.13. The number of fused-ring (bicyclic) bond motifs is 4. The highest BCUT2D eigenvalue weighted by molar-refractivity contribution is 6.24. The number of nitrogens with zero attached hydrogens (tertiary/aromatic N) is 2. The van der Waals surface area contributed by atoms with E-state index < -0.39 is 24.0 Å². The van der Waals surface area contributed by atoms with Crippen LogP contribution in [0.3, 0.4) is 0 Å². The van der Waals surface area contributed by atoms with Crippen LogP contribution in [0.2, 0.25) is 0 Å². The predicted molar refractivity (Wildman–Crippen MR) is 158 cm³/mol. The highest BCUT2D eigenvalue weighted by Crippen LogP contribution is 2.45. The number of anilines is 1. The van der Waals surface area contributed by atoms with Gasteiger partial charge in [0, 0.05) is 29.6 Å². The number of carbonyl (C=O) groups excluding carboxylic acids is 3. The molecule has 42 heavy (non-hydrogen) atoms. The number of carbonyl (C=O) groups is 3. The minimum atomic E-state index is -0.789. The molecule has 8 heteroatoms. The number of benzene rings is 4. The molecule has 1 aromatic heterocycles. The van der Waals surface area contributed by atoms with Gasteiger partial charge in [0.25, 0.3) is 11.8 Å². The SMILES string of the molecule is Cc1ccc(CNC(=O)c2ccccc2N2C(=O)[C@@H]3Cc4c([nH]c5ccccc45)[C@@H](c4ccc(F)cc4)N3C2=O)cc1. The summed E-state index contributed by atoms with van der Waals surface area (Å²) < 4.78 is 13.9. The lowest BCUT2D eigenvalue weighted by Gasteiger charge is -2.36. The van der Waals surface area contributed by atoms with Gasteiger partial charge in [-0.1, -0.05) is 72.3 Å². The van der Waals surface area contributed by atoms with Crippen molar-refractivity contribution in [3.8, 4) is 0 Å². The number of para-hydroxylation sites is 2. The molecule has 0 unspecified atom stereocenters. The molecular weight excluding hydrogens is 531 g/mol. The Balaban J connectivity index is 1.27. The molecule has 0 spiro atoms. The molecule has 208 valence electrons. The molecule has 2 N–H and O–H groups in total. The summed E-state index contributed by atoms with van der Waals surface area (Å²) in [4.78, 5) is 47.8. The Labute approximate surface area is 241 Å². The van der Waals surface area contributed by atoms with Crippen LogP contribution in [0.15, 0.2) is 97.1 Å². The number of rotatable bonds is 5. The smallest absolute Gasteiger partial charge is 0.332 e. The van der Waals surface area contributed by atoms with Gasteiger partial charge in [-0.05, 0) is 53.9 Å². The Hall–Kier alpha value is -5.24. The Morgan fingerprint density at radius 3 is 2.43 bits per heavy atom. The lowest BCUT2D eigenvalue weighted by atomic mass is 9.89. The van der Waals surface area contributed by atoms with Crippen molar-refractivity contribution >= 4 is 34.4 Å². The van der Waals surface area contributed by atoms with Crippen molar-refractivity contribution in [1.82, 2.24) is 15.2 Å². The highest BCUT2D eigenvalue weighted by atomic mass is 19.1. The Kier molecular flexibility index (Phi) is 6.12. The molecule has 1 fully saturated rings. The van der Waals surface area contributed by atoms with Crippen molar-refractivity contribution in [3.63, 3.8) is 0 Å². The first-order valence-corrected chi connectivity index (χ1v) is 13.8. The monoisotopic (exact) mass is 558 g/mol. The summed E-state index contributed by atoms with van der Waals surface area (Å²) in [5.74, 6) is -1.18. The van der Waals surface area contributed by atoms with E-state index in [9.17, 15) is 18.8 Å². The van der Waals surface area contributed by atoms with Gasteiger partial charge in [-0.15, -0.1) is 0 Å². The Bertz CT molecular complexity index is 1860. The molecule has 2 aliphatic heterocycles. The van der Waals surface area contributed by atoms with Crippen LogP contribution in [0.5, 0.6) is 0 Å². The molecule has 7 nitrogen and oxygen atoms in total. The van der Waals surface area contributed by atoms with Crippen molar-refractivity contribution in [3.05, 3.63) is 136 Å². The topological polar surface area (TPSA) is 85.5 Å². The third-order valence-corrected chi connectivity index (χ3v) is 8.20. The number of hydrogen-bond acceptors (Lipinski definition) is 3. The van der Waals surface area contributed by atoms with E-state index in [-0.39, 0.29) is 23.0 Å². The van der Waals surface area contributed by atoms with E-state index in [2.05, 4.69) is 10.3 Å². The maximum atomic E-state index is 14.2. The lowest BCUT2D eigenvalue weighted by Crippen LogP contribution is -2.44. The van der Waals surface area contributed by atoms with Gasteiger partial charge >= 0.3 is 6.03 Å². The summed E-state index contributed by atoms with van der Waals surface area (Å²) in [7, 11) is 0. The van der Waals surface area contributed by atoms with Crippen LogP contribution in [0, 0.1) is 12.7 Å². The molecule has 3 heterocycles. The highest BCUT2D eigenvalue weighted by Gasteiger charge is 2.53. The molecule has 4 aromatic carbocycles. The minimum Gasteiger partial charge on any atom is -0.356 e. The number of imide groups is 1. The van der Waals surface area contributed by atoms with Gasteiger partial charge < -0.3 is 10.3 Å². The molecule has 2 atom stereocenters. The summed E-state index contributed by atoms with van der Waals surface area (Å²) in [6.45, 7) is 2.30. The third kappa shape index (κ3) is 4.15. The van der Waals surface area contributed by atoms with Crippen LogP contribution in [0.1, 0.15) is 44.3 Å². The number of halogens is 1. The largest absolute Gasteiger partial charge is 0.356 e. The quantitative estimate of drug-likeness (QED) is 0.259. The van der Waals surface area contributed by atoms with E-state index in [1.54, 1.807) is 41.3 Å². The fourth-order valence-corrected chi connectivity index (χ4v) is 6.13. The first-order valence-electron chi connectivity index (χ1n) is 13.8. The Morgan fingerprint density at radius 2 is 1.64 bits per heavy atom. The molecule has 0 saturated carbocycles. The zero-order chi connectivity index (χ0) is 29.0. The van der Waals surface area contributed by atoms with Crippen molar-refractivity contribution in [2.75, 3.05) is 4.90 Å². The summed E-state index contributed by atoms with van der Waals surface area (Å²) in [5.41, 5.74) is 5.86. The summed E-state index contributed by atoms with van der Waals surface area (Å²) >= 11 is 0. The predicted octanol–water partition coefficient (Wildman–Crippen LogP) is 6.03. The molecular formula is C34H27FN4O3.